The molecular weight excluding hydrogens is 400 g/mol. The fourth-order valence-electron chi connectivity index (χ4n) is 3.07. The molecule has 156 valence electrons. The second kappa shape index (κ2) is 9.73. The van der Waals surface area contributed by atoms with Gasteiger partial charge in [-0.05, 0) is 56.2 Å². The average molecular weight is 425 g/mol. The molecule has 1 N–H and O–H groups in total. The van der Waals surface area contributed by atoms with Gasteiger partial charge in [0.2, 0.25) is 0 Å². The summed E-state index contributed by atoms with van der Waals surface area (Å²) in [6, 6.07) is 15.1. The van der Waals surface area contributed by atoms with Gasteiger partial charge in [-0.15, -0.1) is 11.3 Å². The summed E-state index contributed by atoms with van der Waals surface area (Å²) in [5, 5.41) is 5.90. The third-order valence-corrected chi connectivity index (χ3v) is 5.56. The second-order valence-corrected chi connectivity index (χ2v) is 8.04. The van der Waals surface area contributed by atoms with Crippen LogP contribution in [0.2, 0.25) is 0 Å². The highest BCUT2D eigenvalue weighted by Gasteiger charge is 2.16. The van der Waals surface area contributed by atoms with Gasteiger partial charge in [0.05, 0.1) is 17.4 Å². The van der Waals surface area contributed by atoms with Gasteiger partial charge in [0.25, 0.3) is 0 Å². The van der Waals surface area contributed by atoms with Crippen LogP contribution >= 0.6 is 11.3 Å². The van der Waals surface area contributed by atoms with Crippen LogP contribution in [0.25, 0.3) is 0 Å². The molecule has 30 heavy (non-hydrogen) atoms. The molecule has 2 aromatic carbocycles. The number of thiazole rings is 1. The third-order valence-electron chi connectivity index (χ3n) is 4.76. The molecule has 6 nitrogen and oxygen atoms in total. The fourth-order valence-corrected chi connectivity index (χ4v) is 3.78. The van der Waals surface area contributed by atoms with Gasteiger partial charge in [0.1, 0.15) is 19.0 Å². The lowest BCUT2D eigenvalue weighted by Crippen LogP contribution is -2.16. The zero-order chi connectivity index (χ0) is 20.8. The Morgan fingerprint density at radius 2 is 2.00 bits per heavy atom. The minimum Gasteiger partial charge on any atom is -0.491 e. The first-order chi connectivity index (χ1) is 14.7. The van der Waals surface area contributed by atoms with Crippen molar-refractivity contribution in [3.8, 4) is 5.75 Å². The summed E-state index contributed by atoms with van der Waals surface area (Å²) in [6.07, 6.45) is 2.28. The Morgan fingerprint density at radius 3 is 2.73 bits per heavy atom. The van der Waals surface area contributed by atoms with Crippen molar-refractivity contribution in [3.63, 3.8) is 0 Å². The SMILES string of the molecule is Cc1ccc(Nc2nc(COC(=O)c3ccc(OCC4CCCO4)cc3)cs2)cc1. The Hall–Kier alpha value is -2.90. The van der Waals surface area contributed by atoms with E-state index in [1.54, 1.807) is 24.3 Å². The van der Waals surface area contributed by atoms with Gasteiger partial charge in [-0.1, -0.05) is 17.7 Å². The van der Waals surface area contributed by atoms with Crippen LogP contribution in [0.4, 0.5) is 10.8 Å². The van der Waals surface area contributed by atoms with Gasteiger partial charge in [-0.25, -0.2) is 9.78 Å². The molecule has 3 aromatic rings. The number of aromatic nitrogens is 1. The number of hydrogen-bond acceptors (Lipinski definition) is 7. The lowest BCUT2D eigenvalue weighted by Gasteiger charge is -2.11. The van der Waals surface area contributed by atoms with Crippen LogP contribution < -0.4 is 10.1 Å². The molecule has 1 aliphatic rings. The standard InChI is InChI=1S/C23H24N2O4S/c1-16-4-8-18(9-5-16)24-23-25-19(15-30-23)13-29-22(26)17-6-10-20(11-7-17)28-14-21-3-2-12-27-21/h4-11,15,21H,2-3,12-14H2,1H3,(H,24,25). The maximum absolute atomic E-state index is 12.3. The normalized spacial score (nSPS) is 15.7. The predicted molar refractivity (Wildman–Crippen MR) is 117 cm³/mol. The number of esters is 1. The molecule has 0 spiro atoms. The minimum absolute atomic E-state index is 0.127. The Balaban J connectivity index is 1.25. The molecule has 1 aliphatic heterocycles. The van der Waals surface area contributed by atoms with Crippen molar-refractivity contribution in [3.05, 3.63) is 70.7 Å². The van der Waals surface area contributed by atoms with Crippen molar-refractivity contribution < 1.29 is 19.0 Å². The smallest absolute Gasteiger partial charge is 0.338 e. The van der Waals surface area contributed by atoms with Crippen molar-refractivity contribution in [2.24, 2.45) is 0 Å². The van der Waals surface area contributed by atoms with Crippen LogP contribution in [0, 0.1) is 6.92 Å². The third kappa shape index (κ3) is 5.58. The summed E-state index contributed by atoms with van der Waals surface area (Å²) >= 11 is 1.47. The first-order valence-electron chi connectivity index (χ1n) is 9.95. The van der Waals surface area contributed by atoms with E-state index < -0.39 is 0 Å². The van der Waals surface area contributed by atoms with Gasteiger partial charge in [-0.3, -0.25) is 0 Å². The number of nitrogens with one attached hydrogen (secondary N) is 1. The molecule has 2 heterocycles. The first-order valence-corrected chi connectivity index (χ1v) is 10.8. The maximum atomic E-state index is 12.3. The highest BCUT2D eigenvalue weighted by atomic mass is 32.1. The van der Waals surface area contributed by atoms with Crippen molar-refractivity contribution >= 4 is 28.1 Å². The molecule has 1 saturated heterocycles. The van der Waals surface area contributed by atoms with Crippen LogP contribution in [0.15, 0.2) is 53.9 Å². The molecule has 0 amide bonds. The quantitative estimate of drug-likeness (QED) is 0.507. The summed E-state index contributed by atoms with van der Waals surface area (Å²) in [6.45, 7) is 3.52. The molecule has 0 saturated carbocycles. The van der Waals surface area contributed by atoms with Crippen LogP contribution in [0.1, 0.15) is 34.5 Å². The fraction of sp³-hybridized carbons (Fsp3) is 0.304. The Morgan fingerprint density at radius 1 is 1.20 bits per heavy atom. The zero-order valence-electron chi connectivity index (χ0n) is 16.8. The monoisotopic (exact) mass is 424 g/mol. The number of rotatable bonds is 8. The van der Waals surface area contributed by atoms with Crippen LogP contribution in [-0.2, 0) is 16.1 Å². The summed E-state index contributed by atoms with van der Waals surface area (Å²) in [7, 11) is 0. The molecule has 0 aliphatic carbocycles. The summed E-state index contributed by atoms with van der Waals surface area (Å²) in [5.74, 6) is 0.329. The van der Waals surface area contributed by atoms with Crippen molar-refractivity contribution in [2.75, 3.05) is 18.5 Å². The minimum atomic E-state index is -0.387. The van der Waals surface area contributed by atoms with E-state index in [0.29, 0.717) is 23.6 Å². The molecule has 4 rings (SSSR count). The molecule has 1 aromatic heterocycles. The number of aryl methyl sites for hydroxylation is 1. The van der Waals surface area contributed by atoms with Gasteiger partial charge in [-0.2, -0.15) is 0 Å². The first kappa shape index (κ1) is 20.4. The van der Waals surface area contributed by atoms with Gasteiger partial charge in [0.15, 0.2) is 5.13 Å². The average Bonchev–Trinajstić information content (AvgIpc) is 3.45. The molecule has 0 radical (unpaired) electrons. The Bertz CT molecular complexity index is 964. The molecular formula is C23H24N2O4S. The number of carbonyl (C=O) groups excluding carboxylic acids is 1. The number of nitrogens with zero attached hydrogens (tertiary/aromatic N) is 1. The molecule has 0 bridgehead atoms. The van der Waals surface area contributed by atoms with E-state index in [9.17, 15) is 4.79 Å². The van der Waals surface area contributed by atoms with E-state index in [-0.39, 0.29) is 18.7 Å². The van der Waals surface area contributed by atoms with Gasteiger partial charge < -0.3 is 19.5 Å². The molecule has 1 fully saturated rings. The Labute approximate surface area is 179 Å². The zero-order valence-corrected chi connectivity index (χ0v) is 17.6. The maximum Gasteiger partial charge on any atom is 0.338 e. The van der Waals surface area contributed by atoms with Gasteiger partial charge >= 0.3 is 5.97 Å². The van der Waals surface area contributed by atoms with E-state index in [1.165, 1.54) is 16.9 Å². The largest absolute Gasteiger partial charge is 0.491 e. The van der Waals surface area contributed by atoms with Gasteiger partial charge in [0, 0.05) is 17.7 Å². The lowest BCUT2D eigenvalue weighted by molar-refractivity contribution is 0.0468. The highest BCUT2D eigenvalue weighted by Crippen LogP contribution is 2.22. The molecule has 1 atom stereocenters. The summed E-state index contributed by atoms with van der Waals surface area (Å²) < 4.78 is 16.7. The van der Waals surface area contributed by atoms with E-state index in [0.717, 1.165) is 30.3 Å². The van der Waals surface area contributed by atoms with E-state index in [4.69, 9.17) is 14.2 Å². The van der Waals surface area contributed by atoms with Crippen LogP contribution in [0.3, 0.4) is 0 Å². The molecule has 7 heteroatoms. The predicted octanol–water partition coefficient (Wildman–Crippen LogP) is 5.11. The van der Waals surface area contributed by atoms with E-state index in [2.05, 4.69) is 10.3 Å². The Kier molecular flexibility index (Phi) is 6.61. The highest BCUT2D eigenvalue weighted by molar-refractivity contribution is 7.13. The van der Waals surface area contributed by atoms with Crippen molar-refractivity contribution in [2.45, 2.75) is 32.5 Å². The summed E-state index contributed by atoms with van der Waals surface area (Å²) in [4.78, 5) is 16.8. The van der Waals surface area contributed by atoms with Crippen LogP contribution in [-0.4, -0.2) is 30.3 Å². The molecule has 1 unspecified atom stereocenters. The summed E-state index contributed by atoms with van der Waals surface area (Å²) in [5.41, 5.74) is 3.36. The number of ether oxygens (including phenoxy) is 3. The van der Waals surface area contributed by atoms with E-state index in [1.807, 2.05) is 36.6 Å². The number of hydrogen-bond donors (Lipinski definition) is 1. The second-order valence-electron chi connectivity index (χ2n) is 7.18. The van der Waals surface area contributed by atoms with Crippen molar-refractivity contribution in [1.29, 1.82) is 0 Å². The topological polar surface area (TPSA) is 69.7 Å². The van der Waals surface area contributed by atoms with E-state index >= 15 is 0 Å². The number of carbonyl (C=O) groups is 1. The van der Waals surface area contributed by atoms with Crippen molar-refractivity contribution in [1.82, 2.24) is 4.98 Å². The number of benzene rings is 2. The number of anilines is 2. The lowest BCUT2D eigenvalue weighted by atomic mass is 10.2. The van der Waals surface area contributed by atoms with Crippen LogP contribution in [0.5, 0.6) is 5.75 Å².